The molecule has 170 valence electrons. The highest BCUT2D eigenvalue weighted by molar-refractivity contribution is 6.99. The molecule has 2 aromatic rings. The Kier molecular flexibility index (Phi) is 7.51. The van der Waals surface area contributed by atoms with Gasteiger partial charge in [-0.2, -0.15) is 0 Å². The average Bonchev–Trinajstić information content (AvgIpc) is 2.79. The van der Waals surface area contributed by atoms with Crippen LogP contribution in [0.1, 0.15) is 20.8 Å². The molecular weight excluding hydrogens is 420 g/mol. The molecule has 0 bridgehead atoms. The second kappa shape index (κ2) is 9.96. The van der Waals surface area contributed by atoms with Crippen molar-refractivity contribution >= 4 is 24.7 Å². The minimum Gasteiger partial charge on any atom is -0.480 e. The monoisotopic (exact) mass is 452 g/mol. The molecule has 1 N–H and O–H groups in total. The van der Waals surface area contributed by atoms with Gasteiger partial charge in [0.25, 0.3) is 8.32 Å². The van der Waals surface area contributed by atoms with Gasteiger partial charge in [-0.1, -0.05) is 106 Å². The summed E-state index contributed by atoms with van der Waals surface area (Å²) < 4.78 is 17.3. The molecule has 0 amide bonds. The van der Waals surface area contributed by atoms with Crippen LogP contribution in [0, 0.1) is 5.41 Å². The zero-order valence-electron chi connectivity index (χ0n) is 19.2. The number of aliphatic carboxylic acids is 1. The molecule has 6 heteroatoms. The largest absolute Gasteiger partial charge is 0.480 e. The molecule has 32 heavy (non-hydrogen) atoms. The minimum absolute atomic E-state index is 0.0274. The van der Waals surface area contributed by atoms with Crippen LogP contribution in [0.2, 0.25) is 5.04 Å². The van der Waals surface area contributed by atoms with E-state index in [1.54, 1.807) is 31.4 Å². The van der Waals surface area contributed by atoms with Crippen LogP contribution in [-0.2, 0) is 18.7 Å². The number of hydrogen-bond acceptors (Lipinski definition) is 4. The van der Waals surface area contributed by atoms with Gasteiger partial charge in [0, 0.05) is 7.11 Å². The highest BCUT2D eigenvalue weighted by Crippen LogP contribution is 2.39. The zero-order valence-corrected chi connectivity index (χ0v) is 20.2. The van der Waals surface area contributed by atoms with Crippen molar-refractivity contribution in [2.45, 2.75) is 31.9 Å². The summed E-state index contributed by atoms with van der Waals surface area (Å²) in [7, 11) is -1.30. The van der Waals surface area contributed by atoms with E-state index in [4.69, 9.17) is 13.9 Å². The van der Waals surface area contributed by atoms with Gasteiger partial charge >= 0.3 is 5.97 Å². The lowest BCUT2D eigenvalue weighted by Crippen LogP contribution is -2.67. The third kappa shape index (κ3) is 4.78. The van der Waals surface area contributed by atoms with Crippen LogP contribution in [0.3, 0.4) is 0 Å². The molecular formula is C26H32O5Si. The summed E-state index contributed by atoms with van der Waals surface area (Å²) in [5.74, 6) is -0.951. The van der Waals surface area contributed by atoms with Crippen LogP contribution in [0.5, 0.6) is 0 Å². The molecule has 0 spiro atoms. The van der Waals surface area contributed by atoms with Crippen molar-refractivity contribution in [2.75, 3.05) is 20.5 Å². The molecule has 0 heterocycles. The van der Waals surface area contributed by atoms with Gasteiger partial charge in [0.2, 0.25) is 0 Å². The fourth-order valence-corrected chi connectivity index (χ4v) is 8.81. The van der Waals surface area contributed by atoms with Crippen molar-refractivity contribution in [2.24, 2.45) is 5.41 Å². The van der Waals surface area contributed by atoms with Gasteiger partial charge in [-0.3, -0.25) is 4.79 Å². The van der Waals surface area contributed by atoms with E-state index in [1.165, 1.54) is 0 Å². The predicted molar refractivity (Wildman–Crippen MR) is 129 cm³/mol. The van der Waals surface area contributed by atoms with Crippen LogP contribution in [0.25, 0.3) is 0 Å². The summed E-state index contributed by atoms with van der Waals surface area (Å²) in [6.07, 6.45) is 6.53. The summed E-state index contributed by atoms with van der Waals surface area (Å²) >= 11 is 0. The smallest absolute Gasteiger partial charge is 0.319 e. The molecule has 0 fully saturated rings. The maximum Gasteiger partial charge on any atom is 0.319 e. The second-order valence-corrected chi connectivity index (χ2v) is 13.4. The van der Waals surface area contributed by atoms with Crippen molar-refractivity contribution in [3.8, 4) is 0 Å². The van der Waals surface area contributed by atoms with E-state index < -0.39 is 19.7 Å². The van der Waals surface area contributed by atoms with Gasteiger partial charge in [0.05, 0.1) is 12.7 Å². The number of hydrogen-bond donors (Lipinski definition) is 1. The molecule has 0 aromatic heterocycles. The molecule has 1 aliphatic carbocycles. The Morgan fingerprint density at radius 3 is 1.88 bits per heavy atom. The number of ether oxygens (including phenoxy) is 2. The van der Waals surface area contributed by atoms with Gasteiger partial charge in [-0.15, -0.1) is 0 Å². The van der Waals surface area contributed by atoms with E-state index in [0.717, 1.165) is 10.4 Å². The standard InChI is InChI=1S/C26H32O5Si/c1-25(2,3)32(22-11-7-5-8-12-22,23-13-9-6-10-14-23)31-19-26(24(27)28)17-15-21(16-18-26)30-20-29-4/h5-18,21H,19-20H2,1-4H3,(H,27,28). The number of carbonyl (C=O) groups is 1. The summed E-state index contributed by atoms with van der Waals surface area (Å²) in [6.45, 7) is 6.69. The first-order valence-electron chi connectivity index (χ1n) is 10.7. The fourth-order valence-electron chi connectivity index (χ4n) is 4.20. The van der Waals surface area contributed by atoms with Gasteiger partial charge in [0.15, 0.2) is 0 Å². The molecule has 0 saturated carbocycles. The minimum atomic E-state index is -2.85. The SMILES string of the molecule is COCOC1C=CC(CO[Si](c2ccccc2)(c2ccccc2)C(C)(C)C)(C(=O)O)C=C1. The Morgan fingerprint density at radius 1 is 0.969 bits per heavy atom. The average molecular weight is 453 g/mol. The Balaban J connectivity index is 2.02. The highest BCUT2D eigenvalue weighted by atomic mass is 28.4. The van der Waals surface area contributed by atoms with E-state index in [1.807, 2.05) is 36.4 Å². The molecule has 1 aliphatic rings. The molecule has 0 radical (unpaired) electrons. The molecule has 0 saturated heterocycles. The van der Waals surface area contributed by atoms with Gasteiger partial charge < -0.3 is 19.0 Å². The maximum absolute atomic E-state index is 12.4. The first-order chi connectivity index (χ1) is 15.2. The lowest BCUT2D eigenvalue weighted by Gasteiger charge is -2.44. The summed E-state index contributed by atoms with van der Waals surface area (Å²) in [5, 5.41) is 12.2. The third-order valence-corrected chi connectivity index (χ3v) is 10.9. The number of rotatable bonds is 9. The van der Waals surface area contributed by atoms with E-state index >= 15 is 0 Å². The van der Waals surface area contributed by atoms with E-state index in [9.17, 15) is 9.90 Å². The first-order valence-corrected chi connectivity index (χ1v) is 12.6. The number of carboxylic acids is 1. The fraction of sp³-hybridized carbons (Fsp3) is 0.346. The van der Waals surface area contributed by atoms with E-state index in [2.05, 4.69) is 45.0 Å². The second-order valence-electron chi connectivity index (χ2n) is 9.05. The van der Waals surface area contributed by atoms with Crippen LogP contribution in [0.4, 0.5) is 0 Å². The van der Waals surface area contributed by atoms with E-state index in [0.29, 0.717) is 0 Å². The lowest BCUT2D eigenvalue weighted by atomic mass is 9.84. The van der Waals surface area contributed by atoms with Crippen LogP contribution >= 0.6 is 0 Å². The lowest BCUT2D eigenvalue weighted by molar-refractivity contribution is -0.145. The zero-order chi connectivity index (χ0) is 23.2. The van der Waals surface area contributed by atoms with Crippen molar-refractivity contribution in [1.29, 1.82) is 0 Å². The molecule has 0 aliphatic heterocycles. The predicted octanol–water partition coefficient (Wildman–Crippen LogP) is 3.75. The molecule has 2 aromatic carbocycles. The maximum atomic E-state index is 12.4. The van der Waals surface area contributed by atoms with Crippen molar-refractivity contribution in [3.63, 3.8) is 0 Å². The van der Waals surface area contributed by atoms with Gasteiger partial charge in [0.1, 0.15) is 12.2 Å². The van der Waals surface area contributed by atoms with Gasteiger partial charge in [-0.05, 0) is 15.4 Å². The van der Waals surface area contributed by atoms with Crippen LogP contribution in [0.15, 0.2) is 85.0 Å². The number of carboxylic acid groups (broad SMARTS) is 1. The van der Waals surface area contributed by atoms with Crippen molar-refractivity contribution in [3.05, 3.63) is 85.0 Å². The quantitative estimate of drug-likeness (QED) is 0.357. The van der Waals surface area contributed by atoms with Crippen molar-refractivity contribution in [1.82, 2.24) is 0 Å². The topological polar surface area (TPSA) is 65.0 Å². The highest BCUT2D eigenvalue weighted by Gasteiger charge is 2.52. The Morgan fingerprint density at radius 2 is 1.47 bits per heavy atom. The summed E-state index contributed by atoms with van der Waals surface area (Å²) in [4.78, 5) is 12.4. The molecule has 0 atom stereocenters. The molecule has 0 unspecified atom stereocenters. The summed E-state index contributed by atoms with van der Waals surface area (Å²) in [6, 6.07) is 20.4. The number of benzene rings is 2. The Labute approximate surface area is 191 Å². The van der Waals surface area contributed by atoms with Crippen molar-refractivity contribution < 1.29 is 23.8 Å². The van der Waals surface area contributed by atoms with E-state index in [-0.39, 0.29) is 24.5 Å². The third-order valence-electron chi connectivity index (χ3n) is 5.89. The summed E-state index contributed by atoms with van der Waals surface area (Å²) in [5.41, 5.74) is -1.26. The Bertz CT molecular complexity index is 894. The van der Waals surface area contributed by atoms with Crippen LogP contribution in [-0.4, -0.2) is 46.0 Å². The van der Waals surface area contributed by atoms with Gasteiger partial charge in [-0.25, -0.2) is 0 Å². The number of methoxy groups -OCH3 is 1. The molecule has 3 rings (SSSR count). The molecule has 5 nitrogen and oxygen atoms in total. The van der Waals surface area contributed by atoms with Crippen LogP contribution < -0.4 is 10.4 Å². The normalized spacial score (nSPS) is 20.9. The first kappa shape index (κ1) is 24.1. The Hall–Kier alpha value is -2.51.